The van der Waals surface area contributed by atoms with Crippen LogP contribution in [0, 0.1) is 0 Å². The Kier molecular flexibility index (Phi) is 25.0. The van der Waals surface area contributed by atoms with Gasteiger partial charge in [0, 0.05) is 10.7 Å². The molecule has 0 bridgehead atoms. The van der Waals surface area contributed by atoms with Crippen LogP contribution >= 0.6 is 31.9 Å². The van der Waals surface area contributed by atoms with Crippen LogP contribution in [0.4, 0.5) is 0 Å². The minimum absolute atomic E-state index is 1.17. The summed E-state index contributed by atoms with van der Waals surface area (Å²) in [5.74, 6) is 0. The lowest BCUT2D eigenvalue weighted by atomic mass is 10.1. The van der Waals surface area contributed by atoms with Crippen LogP contribution in [0.5, 0.6) is 0 Å². The van der Waals surface area contributed by atoms with Crippen molar-refractivity contribution in [3.05, 3.63) is 37.4 Å². The van der Waals surface area contributed by atoms with Gasteiger partial charge in [0.25, 0.3) is 0 Å². The van der Waals surface area contributed by atoms with Crippen LogP contribution in [0.1, 0.15) is 154 Å². The van der Waals surface area contributed by atoms with Crippen LogP contribution in [0.15, 0.2) is 37.4 Å². The van der Waals surface area contributed by atoms with Gasteiger partial charge < -0.3 is 0 Å². The van der Waals surface area contributed by atoms with Gasteiger partial charge in [-0.25, -0.2) is 18.3 Å². The van der Waals surface area contributed by atoms with Crippen molar-refractivity contribution in [2.75, 3.05) is 10.7 Å². The first-order chi connectivity index (χ1) is 20.8. The first-order valence-electron chi connectivity index (χ1n) is 18.0. The van der Waals surface area contributed by atoms with Crippen molar-refractivity contribution in [3.63, 3.8) is 0 Å². The molecule has 0 spiro atoms. The summed E-state index contributed by atoms with van der Waals surface area (Å²) >= 11 is 7.04. The molecule has 0 atom stereocenters. The summed E-state index contributed by atoms with van der Waals surface area (Å²) in [6.07, 6.45) is 46.8. The molecule has 2 aromatic rings. The van der Waals surface area contributed by atoms with Crippen LogP contribution in [0.3, 0.4) is 0 Å². The largest absolute Gasteiger partial charge is 0.243 e. The number of aromatic nitrogens is 4. The summed E-state index contributed by atoms with van der Waals surface area (Å²) in [5, 5.41) is 2.33. The van der Waals surface area contributed by atoms with E-state index in [1.54, 1.807) is 0 Å². The van der Waals surface area contributed by atoms with Gasteiger partial charge in [0.1, 0.15) is 24.8 Å². The van der Waals surface area contributed by atoms with Crippen LogP contribution < -0.4 is 9.13 Å². The van der Waals surface area contributed by atoms with E-state index in [2.05, 4.69) is 87.6 Å². The number of aryl methyl sites for hydroxylation is 4. The average Bonchev–Trinajstić information content (AvgIpc) is 3.65. The third-order valence-corrected chi connectivity index (χ3v) is 9.80. The maximum absolute atomic E-state index is 3.52. The number of unbranched alkanes of at least 4 members (excludes halogenated alkanes) is 21. The van der Waals surface area contributed by atoms with Gasteiger partial charge in [-0.3, -0.25) is 0 Å². The summed E-state index contributed by atoms with van der Waals surface area (Å²) in [4.78, 5) is 0. The lowest BCUT2D eigenvalue weighted by Crippen LogP contribution is -2.30. The molecule has 2 heterocycles. The Morgan fingerprint density at radius 1 is 0.357 bits per heavy atom. The summed E-state index contributed by atoms with van der Waals surface area (Å²) in [5.41, 5.74) is 0. The maximum atomic E-state index is 3.52. The number of hydrogen-bond acceptors (Lipinski definition) is 0. The zero-order valence-electron chi connectivity index (χ0n) is 27.2. The summed E-state index contributed by atoms with van der Waals surface area (Å²) in [7, 11) is 0. The highest BCUT2D eigenvalue weighted by atomic mass is 79.9. The molecule has 42 heavy (non-hydrogen) atoms. The van der Waals surface area contributed by atoms with Crippen molar-refractivity contribution in [3.8, 4) is 0 Å². The van der Waals surface area contributed by atoms with Crippen molar-refractivity contribution in [2.24, 2.45) is 0 Å². The van der Waals surface area contributed by atoms with E-state index in [1.165, 1.54) is 191 Å². The van der Waals surface area contributed by atoms with Crippen LogP contribution in [0.2, 0.25) is 0 Å². The average molecular weight is 715 g/mol. The number of hydrogen-bond donors (Lipinski definition) is 0. The van der Waals surface area contributed by atoms with Crippen LogP contribution in [-0.2, 0) is 26.2 Å². The van der Waals surface area contributed by atoms with Gasteiger partial charge in [-0.05, 0) is 64.2 Å². The van der Waals surface area contributed by atoms with E-state index in [1.807, 2.05) is 0 Å². The highest BCUT2D eigenvalue weighted by molar-refractivity contribution is 9.09. The first kappa shape index (κ1) is 37.6. The van der Waals surface area contributed by atoms with Crippen molar-refractivity contribution < 1.29 is 9.13 Å². The topological polar surface area (TPSA) is 17.6 Å². The highest BCUT2D eigenvalue weighted by Gasteiger charge is 2.05. The molecule has 0 aliphatic rings. The molecule has 0 aliphatic carbocycles. The molecule has 6 heteroatoms. The Labute approximate surface area is 277 Å². The molecule has 4 nitrogen and oxygen atoms in total. The molecule has 242 valence electrons. The van der Waals surface area contributed by atoms with Gasteiger partial charge in [0.2, 0.25) is 12.7 Å². The standard InChI is InChI=1S/C36H66Br2N4/c37-25-19-13-7-1-3-9-15-21-27-39-31-33-41(35-39)29-23-17-11-5-6-12-18-24-30-42-34-32-40(36-42)28-22-16-10-4-2-8-14-20-26-38/h31-36H,1-30H2/q+2. The zero-order valence-corrected chi connectivity index (χ0v) is 30.4. The maximum Gasteiger partial charge on any atom is 0.243 e. The Morgan fingerprint density at radius 2 is 0.643 bits per heavy atom. The van der Waals surface area contributed by atoms with Crippen LogP contribution in [0.25, 0.3) is 0 Å². The number of imidazole rings is 2. The van der Waals surface area contributed by atoms with E-state index in [4.69, 9.17) is 0 Å². The van der Waals surface area contributed by atoms with E-state index in [9.17, 15) is 0 Å². The van der Waals surface area contributed by atoms with Crippen molar-refractivity contribution in [1.82, 2.24) is 9.13 Å². The molecule has 0 radical (unpaired) electrons. The van der Waals surface area contributed by atoms with Gasteiger partial charge in [0.05, 0.1) is 26.2 Å². The third-order valence-electron chi connectivity index (χ3n) is 8.68. The quantitative estimate of drug-likeness (QED) is 0.0420. The van der Waals surface area contributed by atoms with Gasteiger partial charge in [-0.2, -0.15) is 0 Å². The summed E-state index contributed by atoms with van der Waals surface area (Å²) < 4.78 is 9.56. The van der Waals surface area contributed by atoms with E-state index < -0.39 is 0 Å². The lowest BCUT2D eigenvalue weighted by molar-refractivity contribution is -0.697. The van der Waals surface area contributed by atoms with Gasteiger partial charge in [0.15, 0.2) is 0 Å². The highest BCUT2D eigenvalue weighted by Crippen LogP contribution is 2.12. The van der Waals surface area contributed by atoms with E-state index in [0.29, 0.717) is 0 Å². The SMILES string of the molecule is BrCCCCCCCCCC[n+]1ccn(CCCCCCCCCCn2cc[n+](CCCCCCCCCCBr)c2)c1. The second-order valence-corrected chi connectivity index (χ2v) is 14.2. The zero-order chi connectivity index (χ0) is 29.8. The van der Waals surface area contributed by atoms with Gasteiger partial charge in [-0.1, -0.05) is 122 Å². The van der Waals surface area contributed by atoms with Gasteiger partial charge >= 0.3 is 0 Å². The fraction of sp³-hybridized carbons (Fsp3) is 0.833. The Balaban J connectivity index is 1.33. The smallest absolute Gasteiger partial charge is 0.237 e. The monoisotopic (exact) mass is 712 g/mol. The van der Waals surface area contributed by atoms with E-state index in [-0.39, 0.29) is 0 Å². The number of halogens is 2. The summed E-state index contributed by atoms with van der Waals surface area (Å²) in [6.45, 7) is 4.71. The molecule has 0 amide bonds. The van der Waals surface area contributed by atoms with Crippen molar-refractivity contribution >= 4 is 31.9 Å². The lowest BCUT2D eigenvalue weighted by Gasteiger charge is -2.02. The van der Waals surface area contributed by atoms with Crippen molar-refractivity contribution in [2.45, 2.75) is 180 Å². The number of rotatable bonds is 31. The molecule has 0 aromatic carbocycles. The molecule has 0 N–H and O–H groups in total. The van der Waals surface area contributed by atoms with Gasteiger partial charge in [-0.15, -0.1) is 0 Å². The minimum atomic E-state index is 1.17. The number of alkyl halides is 2. The fourth-order valence-corrected chi connectivity index (χ4v) is 6.75. The summed E-state index contributed by atoms with van der Waals surface area (Å²) in [6, 6.07) is 0. The Bertz CT molecular complexity index is 766. The third kappa shape index (κ3) is 21.1. The minimum Gasteiger partial charge on any atom is -0.237 e. The molecule has 2 aromatic heterocycles. The van der Waals surface area contributed by atoms with E-state index in [0.717, 1.165) is 0 Å². The molecule has 0 unspecified atom stereocenters. The normalized spacial score (nSPS) is 11.6. The predicted octanol–water partition coefficient (Wildman–Crippen LogP) is 10.7. The second kappa shape index (κ2) is 27.9. The molecule has 2 rings (SSSR count). The predicted molar refractivity (Wildman–Crippen MR) is 188 cm³/mol. The molecule has 0 fully saturated rings. The molecule has 0 aliphatic heterocycles. The number of nitrogens with zero attached hydrogens (tertiary/aromatic N) is 4. The molecular formula is C36H66Br2N4+2. The Morgan fingerprint density at radius 3 is 0.976 bits per heavy atom. The fourth-order valence-electron chi connectivity index (χ4n) is 5.96. The Hall–Kier alpha value is -0.620. The first-order valence-corrected chi connectivity index (χ1v) is 20.3. The van der Waals surface area contributed by atoms with Crippen LogP contribution in [-0.4, -0.2) is 19.8 Å². The van der Waals surface area contributed by atoms with E-state index >= 15 is 0 Å². The van der Waals surface area contributed by atoms with Crippen molar-refractivity contribution in [1.29, 1.82) is 0 Å². The second-order valence-electron chi connectivity index (χ2n) is 12.6. The molecule has 0 saturated heterocycles. The molecular weight excluding hydrogens is 648 g/mol. The molecule has 0 saturated carbocycles.